The summed E-state index contributed by atoms with van der Waals surface area (Å²) < 4.78 is 19.6. The molecule has 4 heteroatoms. The molecule has 3 rings (SSSR count). The molecule has 108 valence electrons. The monoisotopic (exact) mass is 284 g/mol. The summed E-state index contributed by atoms with van der Waals surface area (Å²) in [4.78, 5) is 4.19. The Balaban J connectivity index is 2.11. The minimum Gasteiger partial charge on any atom is -0.456 e. The molecule has 0 aliphatic carbocycles. The van der Waals surface area contributed by atoms with E-state index in [-0.39, 0.29) is 11.9 Å². The molecule has 0 fully saturated rings. The van der Waals surface area contributed by atoms with Crippen molar-refractivity contribution in [2.24, 2.45) is 0 Å². The molecular formula is C17H17FN2O. The standard InChI is InChI=1S/C17H17FN2O/c1-3-20-16(13-10-19-8-7-11(13)2)15-9-12-5-4-6-14(18)17(12)21-15/h4-10,16,20H,3H2,1-2H3. The van der Waals surface area contributed by atoms with Gasteiger partial charge in [0.15, 0.2) is 11.4 Å². The number of hydrogen-bond acceptors (Lipinski definition) is 3. The molecule has 2 aromatic heterocycles. The van der Waals surface area contributed by atoms with Crippen molar-refractivity contribution in [2.45, 2.75) is 19.9 Å². The van der Waals surface area contributed by atoms with E-state index in [9.17, 15) is 4.39 Å². The van der Waals surface area contributed by atoms with Crippen LogP contribution in [0, 0.1) is 12.7 Å². The number of halogens is 1. The Bertz CT molecular complexity index is 766. The molecule has 0 saturated carbocycles. The van der Waals surface area contributed by atoms with Crippen LogP contribution in [0.2, 0.25) is 0 Å². The molecule has 0 aliphatic rings. The Kier molecular flexibility index (Phi) is 3.71. The van der Waals surface area contributed by atoms with Crippen molar-refractivity contribution in [1.29, 1.82) is 0 Å². The SMILES string of the molecule is CCNC(c1cc2cccc(F)c2o1)c1cnccc1C. The van der Waals surface area contributed by atoms with Crippen LogP contribution in [-0.2, 0) is 0 Å². The fraction of sp³-hybridized carbons (Fsp3) is 0.235. The third kappa shape index (κ3) is 2.54. The third-order valence-electron chi connectivity index (χ3n) is 3.60. The number of para-hydroxylation sites is 1. The maximum absolute atomic E-state index is 13.8. The van der Waals surface area contributed by atoms with Crippen LogP contribution < -0.4 is 5.32 Å². The summed E-state index contributed by atoms with van der Waals surface area (Å²) in [5.74, 6) is 0.366. The zero-order valence-corrected chi connectivity index (χ0v) is 12.1. The lowest BCUT2D eigenvalue weighted by molar-refractivity contribution is 0.463. The second-order valence-electron chi connectivity index (χ2n) is 5.03. The Morgan fingerprint density at radius 2 is 2.19 bits per heavy atom. The van der Waals surface area contributed by atoms with Gasteiger partial charge < -0.3 is 9.73 Å². The minimum atomic E-state index is -0.336. The molecular weight excluding hydrogens is 267 g/mol. The molecule has 0 spiro atoms. The van der Waals surface area contributed by atoms with Crippen molar-refractivity contribution in [3.63, 3.8) is 0 Å². The highest BCUT2D eigenvalue weighted by atomic mass is 19.1. The van der Waals surface area contributed by atoms with Crippen molar-refractivity contribution >= 4 is 11.0 Å². The van der Waals surface area contributed by atoms with Gasteiger partial charge in [-0.1, -0.05) is 19.1 Å². The maximum Gasteiger partial charge on any atom is 0.169 e. The smallest absolute Gasteiger partial charge is 0.169 e. The highest BCUT2D eigenvalue weighted by Crippen LogP contribution is 2.30. The zero-order chi connectivity index (χ0) is 14.8. The van der Waals surface area contributed by atoms with E-state index in [1.165, 1.54) is 6.07 Å². The number of furan rings is 1. The minimum absolute atomic E-state index is 0.129. The number of aryl methyl sites for hydroxylation is 1. The number of pyridine rings is 1. The molecule has 0 aliphatic heterocycles. The summed E-state index contributed by atoms with van der Waals surface area (Å²) in [5, 5.41) is 4.15. The third-order valence-corrected chi connectivity index (χ3v) is 3.60. The van der Waals surface area contributed by atoms with Gasteiger partial charge in [0.05, 0.1) is 6.04 Å². The highest BCUT2D eigenvalue weighted by molar-refractivity contribution is 5.78. The van der Waals surface area contributed by atoms with E-state index < -0.39 is 0 Å². The summed E-state index contributed by atoms with van der Waals surface area (Å²) in [6, 6.07) is 8.67. The topological polar surface area (TPSA) is 38.1 Å². The second kappa shape index (κ2) is 5.66. The average Bonchev–Trinajstić information content (AvgIpc) is 2.91. The summed E-state index contributed by atoms with van der Waals surface area (Å²) in [6.45, 7) is 4.84. The van der Waals surface area contributed by atoms with E-state index in [4.69, 9.17) is 4.42 Å². The number of benzene rings is 1. The van der Waals surface area contributed by atoms with Crippen molar-refractivity contribution in [3.05, 3.63) is 65.4 Å². The first-order valence-corrected chi connectivity index (χ1v) is 7.02. The van der Waals surface area contributed by atoms with E-state index in [0.717, 1.165) is 23.1 Å². The van der Waals surface area contributed by atoms with Crippen LogP contribution in [0.1, 0.15) is 29.9 Å². The predicted molar refractivity (Wildman–Crippen MR) is 80.7 cm³/mol. The van der Waals surface area contributed by atoms with E-state index >= 15 is 0 Å². The lowest BCUT2D eigenvalue weighted by atomic mass is 10.0. The number of fused-ring (bicyclic) bond motifs is 1. The van der Waals surface area contributed by atoms with Crippen molar-refractivity contribution in [2.75, 3.05) is 6.54 Å². The maximum atomic E-state index is 13.8. The van der Waals surface area contributed by atoms with Crippen LogP contribution in [0.3, 0.4) is 0 Å². The van der Waals surface area contributed by atoms with Gasteiger partial charge in [-0.25, -0.2) is 4.39 Å². The number of hydrogen-bond donors (Lipinski definition) is 1. The largest absolute Gasteiger partial charge is 0.456 e. The van der Waals surface area contributed by atoms with Gasteiger partial charge >= 0.3 is 0 Å². The summed E-state index contributed by atoms with van der Waals surface area (Å²) >= 11 is 0. The first-order chi connectivity index (χ1) is 10.2. The Morgan fingerprint density at radius 1 is 1.33 bits per heavy atom. The molecule has 1 aromatic carbocycles. The van der Waals surface area contributed by atoms with Gasteiger partial charge in [-0.05, 0) is 42.8 Å². The highest BCUT2D eigenvalue weighted by Gasteiger charge is 2.20. The molecule has 1 atom stereocenters. The Morgan fingerprint density at radius 3 is 2.90 bits per heavy atom. The van der Waals surface area contributed by atoms with E-state index in [0.29, 0.717) is 11.3 Å². The van der Waals surface area contributed by atoms with Crippen molar-refractivity contribution in [1.82, 2.24) is 10.3 Å². The van der Waals surface area contributed by atoms with Crippen LogP contribution in [0.25, 0.3) is 11.0 Å². The van der Waals surface area contributed by atoms with Crippen LogP contribution in [-0.4, -0.2) is 11.5 Å². The Hall–Kier alpha value is -2.20. The van der Waals surface area contributed by atoms with Crippen molar-refractivity contribution < 1.29 is 8.81 Å². The average molecular weight is 284 g/mol. The molecule has 3 aromatic rings. The predicted octanol–water partition coefficient (Wildman–Crippen LogP) is 3.97. The van der Waals surface area contributed by atoms with Crippen LogP contribution in [0.15, 0.2) is 47.1 Å². The summed E-state index contributed by atoms with van der Waals surface area (Å²) in [5.41, 5.74) is 2.47. The van der Waals surface area contributed by atoms with E-state index in [1.807, 2.05) is 38.2 Å². The van der Waals surface area contributed by atoms with Gasteiger partial charge in [0.1, 0.15) is 5.76 Å². The van der Waals surface area contributed by atoms with Crippen LogP contribution in [0.5, 0.6) is 0 Å². The lowest BCUT2D eigenvalue weighted by Crippen LogP contribution is -2.22. The van der Waals surface area contributed by atoms with Gasteiger partial charge in [-0.3, -0.25) is 4.98 Å². The van der Waals surface area contributed by atoms with Gasteiger partial charge in [-0.15, -0.1) is 0 Å². The fourth-order valence-corrected chi connectivity index (χ4v) is 2.54. The molecule has 0 amide bonds. The number of aromatic nitrogens is 1. The number of nitrogens with one attached hydrogen (secondary N) is 1. The number of nitrogens with zero attached hydrogens (tertiary/aromatic N) is 1. The van der Waals surface area contributed by atoms with E-state index in [2.05, 4.69) is 10.3 Å². The molecule has 0 radical (unpaired) electrons. The Labute approximate surface area is 122 Å². The zero-order valence-electron chi connectivity index (χ0n) is 12.1. The molecule has 0 bridgehead atoms. The lowest BCUT2D eigenvalue weighted by Gasteiger charge is -2.17. The molecule has 21 heavy (non-hydrogen) atoms. The molecule has 1 unspecified atom stereocenters. The molecule has 1 N–H and O–H groups in total. The normalized spacial score (nSPS) is 12.7. The van der Waals surface area contributed by atoms with Gasteiger partial charge in [0, 0.05) is 17.8 Å². The van der Waals surface area contributed by atoms with E-state index in [1.54, 1.807) is 12.3 Å². The number of rotatable bonds is 4. The first kappa shape index (κ1) is 13.8. The molecule has 3 nitrogen and oxygen atoms in total. The van der Waals surface area contributed by atoms with Crippen molar-refractivity contribution in [3.8, 4) is 0 Å². The first-order valence-electron chi connectivity index (χ1n) is 7.02. The van der Waals surface area contributed by atoms with Gasteiger partial charge in [0.2, 0.25) is 0 Å². The summed E-state index contributed by atoms with van der Waals surface area (Å²) in [6.07, 6.45) is 3.59. The quantitative estimate of drug-likeness (QED) is 0.787. The van der Waals surface area contributed by atoms with Crippen LogP contribution in [0.4, 0.5) is 4.39 Å². The fourth-order valence-electron chi connectivity index (χ4n) is 2.54. The molecule has 2 heterocycles. The van der Waals surface area contributed by atoms with Crippen LogP contribution >= 0.6 is 0 Å². The molecule has 0 saturated heterocycles. The van der Waals surface area contributed by atoms with Gasteiger partial charge in [0.25, 0.3) is 0 Å². The van der Waals surface area contributed by atoms with Gasteiger partial charge in [-0.2, -0.15) is 0 Å². The second-order valence-corrected chi connectivity index (χ2v) is 5.03. The summed E-state index contributed by atoms with van der Waals surface area (Å²) in [7, 11) is 0.